The van der Waals surface area contributed by atoms with Gasteiger partial charge in [-0.15, -0.1) is 0 Å². The van der Waals surface area contributed by atoms with Crippen LogP contribution in [0.25, 0.3) is 0 Å². The molecule has 2 aromatic carbocycles. The number of benzene rings is 2. The molecule has 5 nitrogen and oxygen atoms in total. The summed E-state index contributed by atoms with van der Waals surface area (Å²) < 4.78 is 0. The van der Waals surface area contributed by atoms with Crippen LogP contribution in [0.15, 0.2) is 65.7 Å². The van der Waals surface area contributed by atoms with Crippen LogP contribution in [-0.2, 0) is 16.0 Å². The Bertz CT molecular complexity index is 753. The van der Waals surface area contributed by atoms with Crippen molar-refractivity contribution in [3.63, 3.8) is 0 Å². The summed E-state index contributed by atoms with van der Waals surface area (Å²) >= 11 is 0.678. The quantitative estimate of drug-likeness (QED) is 0.397. The van der Waals surface area contributed by atoms with Gasteiger partial charge < -0.3 is 10.2 Å². The summed E-state index contributed by atoms with van der Waals surface area (Å²) in [4.78, 5) is 27.6. The Morgan fingerprint density at radius 2 is 1.62 bits per heavy atom. The predicted octanol–water partition coefficient (Wildman–Crippen LogP) is -0.534. The van der Waals surface area contributed by atoms with Crippen LogP contribution >= 0.6 is 11.8 Å². The first-order chi connectivity index (χ1) is 12.0. The normalized spacial score (nSPS) is 13.3. The molecule has 2 atom stereocenters. The van der Waals surface area contributed by atoms with E-state index in [4.69, 9.17) is 0 Å². The van der Waals surface area contributed by atoms with Gasteiger partial charge in [0.25, 0.3) is 0 Å². The molecule has 130 valence electrons. The van der Waals surface area contributed by atoms with Gasteiger partial charge >= 0.3 is 35.5 Å². The second-order valence-corrected chi connectivity index (χ2v) is 6.54. The zero-order chi connectivity index (χ0) is 18.2. The van der Waals surface area contributed by atoms with Gasteiger partial charge in [-0.3, -0.25) is 14.6 Å². The molecule has 0 amide bonds. The number of carboxylic acid groups (broad SMARTS) is 1. The van der Waals surface area contributed by atoms with Crippen molar-refractivity contribution < 1.29 is 49.4 Å². The summed E-state index contributed by atoms with van der Waals surface area (Å²) in [6, 6.07) is 16.7. The number of aliphatic carboxylic acids is 1. The molecule has 0 aliphatic rings. The first-order valence-corrected chi connectivity index (χ1v) is 8.61. The second-order valence-electron chi connectivity index (χ2n) is 5.43. The minimum Gasteiger partial charge on any atom is -0.862 e. The van der Waals surface area contributed by atoms with Gasteiger partial charge in [-0.2, -0.15) is 0 Å². The summed E-state index contributed by atoms with van der Waals surface area (Å²) in [5.41, 5.74) is 1.34. The fraction of sp³-hybridized carbons (Fsp3) is 0.211. The predicted molar refractivity (Wildman–Crippen MR) is 96.5 cm³/mol. The van der Waals surface area contributed by atoms with E-state index < -0.39 is 28.3 Å². The van der Waals surface area contributed by atoms with E-state index in [1.165, 1.54) is 6.92 Å². The van der Waals surface area contributed by atoms with Crippen LogP contribution in [0.4, 0.5) is 0 Å². The Balaban J connectivity index is 0.00000338. The van der Waals surface area contributed by atoms with Crippen molar-refractivity contribution in [3.05, 3.63) is 71.8 Å². The van der Waals surface area contributed by atoms with Crippen LogP contribution in [0.1, 0.15) is 23.3 Å². The molecule has 0 heterocycles. The second kappa shape index (κ2) is 11.2. The number of thioether (sulfide) groups is 1. The number of rotatable bonds is 7. The number of hydrogen-bond acceptors (Lipinski definition) is 5. The molecular formula is C19H18NNaO4S. The first kappa shape index (κ1) is 22.4. The van der Waals surface area contributed by atoms with Gasteiger partial charge in [0.1, 0.15) is 11.3 Å². The molecule has 2 aromatic rings. The molecule has 0 saturated carbocycles. The molecule has 0 radical (unpaired) electrons. The van der Waals surface area contributed by atoms with E-state index in [-0.39, 0.29) is 36.0 Å². The van der Waals surface area contributed by atoms with Crippen LogP contribution in [-0.4, -0.2) is 28.1 Å². The summed E-state index contributed by atoms with van der Waals surface area (Å²) in [6.45, 7) is 1.50. The van der Waals surface area contributed by atoms with Crippen LogP contribution in [0.5, 0.6) is 0 Å². The zero-order valence-electron chi connectivity index (χ0n) is 14.7. The molecule has 0 spiro atoms. The number of hydrogen-bond donors (Lipinski definition) is 1. The van der Waals surface area contributed by atoms with Crippen LogP contribution < -0.4 is 34.7 Å². The van der Waals surface area contributed by atoms with Crippen LogP contribution in [0.2, 0.25) is 0 Å². The Kier molecular flexibility index (Phi) is 9.65. The Hall–Kier alpha value is -1.60. The van der Waals surface area contributed by atoms with Crippen molar-refractivity contribution in [2.75, 3.05) is 0 Å². The van der Waals surface area contributed by atoms with Gasteiger partial charge in [-0.1, -0.05) is 72.4 Å². The maximum Gasteiger partial charge on any atom is 1.00 e. The van der Waals surface area contributed by atoms with Crippen molar-refractivity contribution >= 4 is 28.7 Å². The summed E-state index contributed by atoms with van der Waals surface area (Å²) in [5.74, 6) is -1.51. The average Bonchev–Trinajstić information content (AvgIpc) is 2.60. The molecule has 7 heteroatoms. The van der Waals surface area contributed by atoms with E-state index >= 15 is 0 Å². The van der Waals surface area contributed by atoms with E-state index in [1.54, 1.807) is 30.3 Å². The summed E-state index contributed by atoms with van der Waals surface area (Å²) in [5, 5.41) is 19.9. The molecule has 26 heavy (non-hydrogen) atoms. The monoisotopic (exact) mass is 379 g/mol. The van der Waals surface area contributed by atoms with Crippen molar-refractivity contribution in [2.45, 2.75) is 24.6 Å². The molecule has 0 saturated heterocycles. The minimum atomic E-state index is -1.10. The van der Waals surface area contributed by atoms with E-state index in [0.717, 1.165) is 5.56 Å². The van der Waals surface area contributed by atoms with Crippen molar-refractivity contribution in [1.29, 1.82) is 0 Å². The average molecular weight is 379 g/mol. The Labute approximate surface area is 178 Å². The zero-order valence-corrected chi connectivity index (χ0v) is 17.5. The van der Waals surface area contributed by atoms with Gasteiger partial charge in [0.05, 0.1) is 0 Å². The molecule has 0 aliphatic heterocycles. The van der Waals surface area contributed by atoms with Crippen LogP contribution in [0.3, 0.4) is 0 Å². The van der Waals surface area contributed by atoms with Gasteiger partial charge in [0.15, 0.2) is 0 Å². The van der Waals surface area contributed by atoms with Gasteiger partial charge in [0.2, 0.25) is 5.12 Å². The fourth-order valence-corrected chi connectivity index (χ4v) is 3.06. The van der Waals surface area contributed by atoms with Crippen LogP contribution in [0, 0.1) is 0 Å². The summed E-state index contributed by atoms with van der Waals surface area (Å²) in [7, 11) is 0. The third kappa shape index (κ3) is 6.96. The van der Waals surface area contributed by atoms with Gasteiger partial charge in [-0.25, -0.2) is 0 Å². The number of carbonyl (C=O) groups excluding carboxylic acids is 1. The van der Waals surface area contributed by atoms with E-state index in [0.29, 0.717) is 17.3 Å². The molecule has 0 unspecified atom stereocenters. The number of carboxylic acids is 1. The molecule has 1 N–H and O–H groups in total. The van der Waals surface area contributed by atoms with Gasteiger partial charge in [-0.05, 0) is 23.9 Å². The van der Waals surface area contributed by atoms with Gasteiger partial charge in [0, 0.05) is 6.42 Å². The smallest absolute Gasteiger partial charge is 0.862 e. The molecule has 2 rings (SSSR count). The SMILES string of the molecule is C[C@@H](N=C([O-])Cc1ccccc1)C(=O)S[C@@H](C(=O)O)c1ccccc1.[Na+]. The third-order valence-electron chi connectivity index (χ3n) is 3.44. The molecule has 0 fully saturated rings. The Morgan fingerprint density at radius 1 is 1.08 bits per heavy atom. The van der Waals surface area contributed by atoms with Crippen molar-refractivity contribution in [2.24, 2.45) is 4.99 Å². The number of carbonyl (C=O) groups is 2. The molecular weight excluding hydrogens is 361 g/mol. The fourth-order valence-electron chi connectivity index (χ4n) is 2.19. The maximum absolute atomic E-state index is 12.3. The van der Waals surface area contributed by atoms with Crippen molar-refractivity contribution in [3.8, 4) is 0 Å². The summed E-state index contributed by atoms with van der Waals surface area (Å²) in [6.07, 6.45) is 0.115. The largest absolute Gasteiger partial charge is 1.00 e. The van der Waals surface area contributed by atoms with E-state index in [2.05, 4.69) is 4.99 Å². The topological polar surface area (TPSA) is 89.8 Å². The molecule has 0 aromatic heterocycles. The number of nitrogens with zero attached hydrogens (tertiary/aromatic N) is 1. The molecule has 0 bridgehead atoms. The third-order valence-corrected chi connectivity index (χ3v) is 4.72. The standard InChI is InChI=1S/C19H19NO4S.Na/c1-13(20-16(21)12-14-8-4-2-5-9-14)19(24)25-17(18(22)23)15-10-6-3-7-11-15;/h2-11,13,17H,12H2,1H3,(H,20,21)(H,22,23);/q;+1/p-1/t13-,17-;/m1./s1. The maximum atomic E-state index is 12.3. The molecule has 0 aliphatic carbocycles. The van der Waals surface area contributed by atoms with E-state index in [9.17, 15) is 19.8 Å². The first-order valence-electron chi connectivity index (χ1n) is 7.73. The van der Waals surface area contributed by atoms with E-state index in [1.807, 2.05) is 30.3 Å². The number of aliphatic imine (C=N–C) groups is 1. The van der Waals surface area contributed by atoms with Crippen molar-refractivity contribution in [1.82, 2.24) is 0 Å². The minimum absolute atomic E-state index is 0. The Morgan fingerprint density at radius 3 is 2.15 bits per heavy atom.